The van der Waals surface area contributed by atoms with Gasteiger partial charge in [-0.3, -0.25) is 4.79 Å². The molecule has 0 aromatic heterocycles. The van der Waals surface area contributed by atoms with Crippen LogP contribution in [0.3, 0.4) is 0 Å². The highest BCUT2D eigenvalue weighted by Gasteiger charge is 2.29. The zero-order chi connectivity index (χ0) is 15.3. The standard InChI is InChI=1S/C12H15BrFNO4S/c1-3-6-15(8-12(16)19-2)20(17,18)11-7-9(13)4-5-10(11)14/h4-5,7H,3,6,8H2,1-2H3. The molecule has 0 saturated heterocycles. The average Bonchev–Trinajstić information content (AvgIpc) is 2.40. The number of hydrogen-bond acceptors (Lipinski definition) is 4. The molecule has 0 aliphatic rings. The largest absolute Gasteiger partial charge is 0.468 e. The van der Waals surface area contributed by atoms with Crippen LogP contribution in [0.15, 0.2) is 27.6 Å². The van der Waals surface area contributed by atoms with Crippen LogP contribution in [0.2, 0.25) is 0 Å². The highest BCUT2D eigenvalue weighted by atomic mass is 79.9. The minimum Gasteiger partial charge on any atom is -0.468 e. The van der Waals surface area contributed by atoms with Crippen molar-refractivity contribution in [1.82, 2.24) is 4.31 Å². The van der Waals surface area contributed by atoms with Gasteiger partial charge in [-0.15, -0.1) is 0 Å². The first kappa shape index (κ1) is 17.1. The summed E-state index contributed by atoms with van der Waals surface area (Å²) in [7, 11) is -2.93. The number of carbonyl (C=O) groups excluding carboxylic acids is 1. The molecule has 1 aromatic rings. The van der Waals surface area contributed by atoms with E-state index in [1.165, 1.54) is 19.2 Å². The van der Waals surface area contributed by atoms with Gasteiger partial charge in [-0.1, -0.05) is 22.9 Å². The summed E-state index contributed by atoms with van der Waals surface area (Å²) in [5.74, 6) is -1.56. The summed E-state index contributed by atoms with van der Waals surface area (Å²) in [6.07, 6.45) is 0.492. The lowest BCUT2D eigenvalue weighted by atomic mass is 10.3. The molecule has 0 heterocycles. The Balaban J connectivity index is 3.22. The Hall–Kier alpha value is -0.990. The second-order valence-corrected chi connectivity index (χ2v) is 6.81. The number of halogens is 2. The summed E-state index contributed by atoms with van der Waals surface area (Å²) in [4.78, 5) is 10.8. The van der Waals surface area contributed by atoms with Gasteiger partial charge in [-0.2, -0.15) is 4.31 Å². The second kappa shape index (κ2) is 7.14. The summed E-state index contributed by atoms with van der Waals surface area (Å²) in [6, 6.07) is 3.63. The van der Waals surface area contributed by atoms with E-state index in [2.05, 4.69) is 20.7 Å². The van der Waals surface area contributed by atoms with Gasteiger partial charge in [0, 0.05) is 11.0 Å². The summed E-state index contributed by atoms with van der Waals surface area (Å²) < 4.78 is 44.4. The number of benzene rings is 1. The first-order chi connectivity index (χ1) is 9.32. The molecule has 0 radical (unpaired) electrons. The molecule has 0 amide bonds. The maximum absolute atomic E-state index is 13.7. The molecule has 20 heavy (non-hydrogen) atoms. The first-order valence-corrected chi connectivity index (χ1v) is 8.08. The monoisotopic (exact) mass is 367 g/mol. The van der Waals surface area contributed by atoms with E-state index in [4.69, 9.17) is 0 Å². The van der Waals surface area contributed by atoms with Gasteiger partial charge in [-0.25, -0.2) is 12.8 Å². The Labute approximate surface area is 125 Å². The molecular weight excluding hydrogens is 353 g/mol. The van der Waals surface area contributed by atoms with E-state index in [9.17, 15) is 17.6 Å². The molecule has 0 bridgehead atoms. The highest BCUT2D eigenvalue weighted by molar-refractivity contribution is 9.10. The molecule has 0 unspecified atom stereocenters. The van der Waals surface area contributed by atoms with Crippen molar-refractivity contribution >= 4 is 31.9 Å². The summed E-state index contributed by atoms with van der Waals surface area (Å²) in [5, 5.41) is 0. The lowest BCUT2D eigenvalue weighted by Crippen LogP contribution is -2.37. The van der Waals surface area contributed by atoms with E-state index in [1.54, 1.807) is 6.92 Å². The van der Waals surface area contributed by atoms with Crippen molar-refractivity contribution < 1.29 is 22.3 Å². The Morgan fingerprint density at radius 2 is 2.10 bits per heavy atom. The Bertz CT molecular complexity index is 591. The highest BCUT2D eigenvalue weighted by Crippen LogP contribution is 2.23. The van der Waals surface area contributed by atoms with Crippen LogP contribution in [0.25, 0.3) is 0 Å². The van der Waals surface area contributed by atoms with Crippen LogP contribution in [0.1, 0.15) is 13.3 Å². The molecule has 1 aromatic carbocycles. The lowest BCUT2D eigenvalue weighted by Gasteiger charge is -2.20. The summed E-state index contributed by atoms with van der Waals surface area (Å²) in [5.41, 5.74) is 0. The molecule has 0 atom stereocenters. The molecule has 0 saturated carbocycles. The Kier molecular flexibility index (Phi) is 6.09. The third-order valence-electron chi connectivity index (χ3n) is 2.52. The van der Waals surface area contributed by atoms with E-state index in [1.807, 2.05) is 0 Å². The smallest absolute Gasteiger partial charge is 0.321 e. The van der Waals surface area contributed by atoms with Crippen LogP contribution in [0, 0.1) is 5.82 Å². The zero-order valence-electron chi connectivity index (χ0n) is 11.1. The molecule has 5 nitrogen and oxygen atoms in total. The van der Waals surface area contributed by atoms with Gasteiger partial charge in [-0.05, 0) is 24.6 Å². The van der Waals surface area contributed by atoms with Crippen molar-refractivity contribution in [2.24, 2.45) is 0 Å². The van der Waals surface area contributed by atoms with Gasteiger partial charge in [0.25, 0.3) is 0 Å². The maximum Gasteiger partial charge on any atom is 0.321 e. The molecule has 112 valence electrons. The number of hydrogen-bond donors (Lipinski definition) is 0. The first-order valence-electron chi connectivity index (χ1n) is 5.85. The van der Waals surface area contributed by atoms with Gasteiger partial charge in [0.15, 0.2) is 0 Å². The van der Waals surface area contributed by atoms with Gasteiger partial charge in [0.2, 0.25) is 10.0 Å². The van der Waals surface area contributed by atoms with E-state index >= 15 is 0 Å². The van der Waals surface area contributed by atoms with Crippen molar-refractivity contribution in [1.29, 1.82) is 0 Å². The quantitative estimate of drug-likeness (QED) is 0.722. The van der Waals surface area contributed by atoms with E-state index < -0.39 is 33.3 Å². The average molecular weight is 368 g/mol. The van der Waals surface area contributed by atoms with Crippen molar-refractivity contribution in [3.63, 3.8) is 0 Å². The van der Waals surface area contributed by atoms with Gasteiger partial charge in [0.1, 0.15) is 17.3 Å². The van der Waals surface area contributed by atoms with Crippen molar-refractivity contribution in [3.05, 3.63) is 28.5 Å². The number of sulfonamides is 1. The maximum atomic E-state index is 13.7. The summed E-state index contributed by atoms with van der Waals surface area (Å²) in [6.45, 7) is 1.42. The number of ether oxygens (including phenoxy) is 1. The van der Waals surface area contributed by atoms with Crippen molar-refractivity contribution in [2.45, 2.75) is 18.2 Å². The number of methoxy groups -OCH3 is 1. The molecule has 0 aliphatic heterocycles. The molecule has 0 N–H and O–H groups in total. The fourth-order valence-corrected chi connectivity index (χ4v) is 3.64. The minimum atomic E-state index is -4.09. The van der Waals surface area contributed by atoms with Crippen LogP contribution < -0.4 is 0 Å². The fourth-order valence-electron chi connectivity index (χ4n) is 1.56. The van der Waals surface area contributed by atoms with E-state index in [0.717, 1.165) is 10.4 Å². The van der Waals surface area contributed by atoms with Gasteiger partial charge in [0.05, 0.1) is 7.11 Å². The third kappa shape index (κ3) is 4.00. The fraction of sp³-hybridized carbons (Fsp3) is 0.417. The number of nitrogens with zero attached hydrogens (tertiary/aromatic N) is 1. The van der Waals surface area contributed by atoms with E-state index in [-0.39, 0.29) is 6.54 Å². The molecule has 1 rings (SSSR count). The van der Waals surface area contributed by atoms with Crippen LogP contribution in [0.5, 0.6) is 0 Å². The van der Waals surface area contributed by atoms with Gasteiger partial charge < -0.3 is 4.74 Å². The van der Waals surface area contributed by atoms with Crippen LogP contribution in [-0.2, 0) is 19.6 Å². The third-order valence-corrected chi connectivity index (χ3v) is 4.87. The van der Waals surface area contributed by atoms with Crippen molar-refractivity contribution in [2.75, 3.05) is 20.2 Å². The summed E-state index contributed by atoms with van der Waals surface area (Å²) >= 11 is 3.10. The molecule has 8 heteroatoms. The lowest BCUT2D eigenvalue weighted by molar-refractivity contribution is -0.140. The normalized spacial score (nSPS) is 11.7. The SMILES string of the molecule is CCCN(CC(=O)OC)S(=O)(=O)c1cc(Br)ccc1F. The Morgan fingerprint density at radius 1 is 1.45 bits per heavy atom. The van der Waals surface area contributed by atoms with Gasteiger partial charge >= 0.3 is 5.97 Å². The number of esters is 1. The molecular formula is C12H15BrFNO4S. The van der Waals surface area contributed by atoms with Crippen molar-refractivity contribution in [3.8, 4) is 0 Å². The number of carbonyl (C=O) groups is 1. The minimum absolute atomic E-state index is 0.101. The topological polar surface area (TPSA) is 63.7 Å². The zero-order valence-corrected chi connectivity index (χ0v) is 13.5. The molecule has 0 spiro atoms. The molecule has 0 fully saturated rings. The van der Waals surface area contributed by atoms with Crippen LogP contribution >= 0.6 is 15.9 Å². The van der Waals surface area contributed by atoms with Crippen LogP contribution in [0.4, 0.5) is 4.39 Å². The predicted octanol–water partition coefficient (Wildman–Crippen LogP) is 2.16. The molecule has 0 aliphatic carbocycles. The van der Waals surface area contributed by atoms with Crippen LogP contribution in [-0.4, -0.2) is 38.9 Å². The van der Waals surface area contributed by atoms with E-state index in [0.29, 0.717) is 10.9 Å². The second-order valence-electron chi connectivity index (χ2n) is 3.99. The number of rotatable bonds is 6. The Morgan fingerprint density at radius 3 is 2.65 bits per heavy atom. The predicted molar refractivity (Wildman–Crippen MR) is 75.2 cm³/mol.